The highest BCUT2D eigenvalue weighted by Gasteiger charge is 2.33. The summed E-state index contributed by atoms with van der Waals surface area (Å²) >= 11 is 0. The molecule has 1 aliphatic heterocycles. The van der Waals surface area contributed by atoms with Gasteiger partial charge in [-0.2, -0.15) is 12.7 Å². The average Bonchev–Trinajstić information content (AvgIpc) is 2.70. The Balaban J connectivity index is 1.58. The molecule has 1 N–H and O–H groups in total. The first kappa shape index (κ1) is 15.9. The van der Waals surface area contributed by atoms with Gasteiger partial charge in [-0.15, -0.1) is 0 Å². The van der Waals surface area contributed by atoms with Gasteiger partial charge in [-0.05, 0) is 36.5 Å². The van der Waals surface area contributed by atoms with Crippen LogP contribution in [0.15, 0.2) is 24.3 Å². The molecule has 2 fully saturated rings. The minimum atomic E-state index is -3.73. The highest BCUT2D eigenvalue weighted by molar-refractivity contribution is 7.88. The van der Waals surface area contributed by atoms with E-state index in [1.54, 1.807) is 24.3 Å². The number of hydrogen-bond donors (Lipinski definition) is 1. The number of rotatable bonds is 5. The van der Waals surface area contributed by atoms with Crippen molar-refractivity contribution in [2.45, 2.75) is 25.8 Å². The molecule has 1 saturated carbocycles. The van der Waals surface area contributed by atoms with Gasteiger partial charge >= 0.3 is 16.2 Å². The van der Waals surface area contributed by atoms with Gasteiger partial charge in [0.1, 0.15) is 0 Å². The van der Waals surface area contributed by atoms with Gasteiger partial charge < -0.3 is 4.74 Å². The van der Waals surface area contributed by atoms with E-state index in [9.17, 15) is 18.0 Å². The maximum Gasteiger partial charge on any atom is 0.338 e. The Bertz CT molecular complexity index is 710. The number of carbonyl (C=O) groups excluding carboxylic acids is 2. The molecule has 1 aromatic rings. The Labute approximate surface area is 134 Å². The van der Waals surface area contributed by atoms with Gasteiger partial charge in [0.05, 0.1) is 18.7 Å². The molecule has 1 aromatic carbocycles. The largest absolute Gasteiger partial charge is 0.462 e. The second kappa shape index (κ2) is 6.29. The van der Waals surface area contributed by atoms with Crippen LogP contribution in [0, 0.1) is 5.92 Å². The van der Waals surface area contributed by atoms with Gasteiger partial charge in [-0.25, -0.2) is 9.52 Å². The minimum Gasteiger partial charge on any atom is -0.462 e. The molecule has 8 heteroatoms. The second-order valence-electron chi connectivity index (χ2n) is 5.89. The molecule has 1 aliphatic carbocycles. The van der Waals surface area contributed by atoms with Crippen molar-refractivity contribution in [1.29, 1.82) is 0 Å². The van der Waals surface area contributed by atoms with Crippen molar-refractivity contribution in [2.24, 2.45) is 5.92 Å². The summed E-state index contributed by atoms with van der Waals surface area (Å²) in [5.41, 5.74) is 1.13. The number of esters is 1. The van der Waals surface area contributed by atoms with Crippen molar-refractivity contribution in [3.63, 3.8) is 0 Å². The number of benzene rings is 1. The second-order valence-corrected chi connectivity index (χ2v) is 7.56. The van der Waals surface area contributed by atoms with Crippen LogP contribution in [-0.2, 0) is 26.3 Å². The summed E-state index contributed by atoms with van der Waals surface area (Å²) in [6.07, 6.45) is 3.43. The fourth-order valence-electron chi connectivity index (χ4n) is 2.51. The van der Waals surface area contributed by atoms with Crippen molar-refractivity contribution >= 4 is 22.1 Å². The van der Waals surface area contributed by atoms with E-state index in [2.05, 4.69) is 0 Å². The monoisotopic (exact) mass is 338 g/mol. The summed E-state index contributed by atoms with van der Waals surface area (Å²) in [5, 5.41) is 0. The highest BCUT2D eigenvalue weighted by atomic mass is 32.2. The van der Waals surface area contributed by atoms with E-state index in [1.807, 2.05) is 4.72 Å². The first-order valence-corrected chi connectivity index (χ1v) is 8.95. The van der Waals surface area contributed by atoms with Crippen molar-refractivity contribution in [1.82, 2.24) is 9.03 Å². The highest BCUT2D eigenvalue weighted by Crippen LogP contribution is 2.26. The Morgan fingerprint density at radius 1 is 1.26 bits per heavy atom. The average molecular weight is 338 g/mol. The van der Waals surface area contributed by atoms with Crippen LogP contribution >= 0.6 is 0 Å². The number of amides is 1. The smallest absolute Gasteiger partial charge is 0.338 e. The van der Waals surface area contributed by atoms with Crippen LogP contribution in [0.5, 0.6) is 0 Å². The lowest BCUT2D eigenvalue weighted by Crippen LogP contribution is -2.29. The summed E-state index contributed by atoms with van der Waals surface area (Å²) in [6.45, 7) is 0.354. The van der Waals surface area contributed by atoms with Crippen LogP contribution in [-0.4, -0.2) is 37.8 Å². The van der Waals surface area contributed by atoms with Gasteiger partial charge in [0.15, 0.2) is 0 Å². The zero-order chi connectivity index (χ0) is 16.4. The Hall–Kier alpha value is -1.93. The molecule has 0 spiro atoms. The van der Waals surface area contributed by atoms with Crippen LogP contribution in [0.1, 0.15) is 35.2 Å². The molecule has 7 nitrogen and oxygen atoms in total. The van der Waals surface area contributed by atoms with E-state index in [0.29, 0.717) is 23.7 Å². The van der Waals surface area contributed by atoms with Crippen molar-refractivity contribution in [2.75, 3.05) is 13.2 Å². The van der Waals surface area contributed by atoms with Crippen LogP contribution in [0.25, 0.3) is 0 Å². The van der Waals surface area contributed by atoms with E-state index in [4.69, 9.17) is 4.74 Å². The Kier molecular flexibility index (Phi) is 4.36. The molecular weight excluding hydrogens is 320 g/mol. The van der Waals surface area contributed by atoms with Crippen LogP contribution in [0.2, 0.25) is 0 Å². The third-order valence-electron chi connectivity index (χ3n) is 4.13. The van der Waals surface area contributed by atoms with Crippen LogP contribution < -0.4 is 4.72 Å². The molecule has 23 heavy (non-hydrogen) atoms. The number of carbonyl (C=O) groups is 2. The molecule has 0 aromatic heterocycles. The maximum absolute atomic E-state index is 11.9. The van der Waals surface area contributed by atoms with E-state index in [-0.39, 0.29) is 19.1 Å². The van der Waals surface area contributed by atoms with E-state index >= 15 is 0 Å². The third-order valence-corrected chi connectivity index (χ3v) is 5.55. The number of nitrogens with zero attached hydrogens (tertiary/aromatic N) is 1. The molecular formula is C15H18N2O5S. The first-order chi connectivity index (χ1) is 10.9. The third kappa shape index (κ3) is 3.70. The van der Waals surface area contributed by atoms with E-state index < -0.39 is 16.1 Å². The predicted molar refractivity (Wildman–Crippen MR) is 81.5 cm³/mol. The molecule has 124 valence electrons. The lowest BCUT2D eigenvalue weighted by atomic mass is 9.86. The number of nitrogens with one attached hydrogen (secondary N) is 1. The minimum absolute atomic E-state index is 0.0818. The summed E-state index contributed by atoms with van der Waals surface area (Å²) in [4.78, 5) is 23.1. The molecule has 1 amide bonds. The molecule has 1 saturated heterocycles. The standard InChI is InChI=1S/C15H18N2O5S/c18-14-9-17(23(20,21)16-14)8-11-4-6-13(7-5-11)15(19)22-10-12-2-1-3-12/h4-7,12H,1-3,8-10H2,(H,16,18). The normalized spacial score (nSPS) is 20.8. The van der Waals surface area contributed by atoms with Crippen molar-refractivity contribution < 1.29 is 22.7 Å². The molecule has 0 unspecified atom stereocenters. The zero-order valence-electron chi connectivity index (χ0n) is 12.5. The number of hydrogen-bond acceptors (Lipinski definition) is 5. The SMILES string of the molecule is O=C1CN(Cc2ccc(C(=O)OCC3CCC3)cc2)S(=O)(=O)N1. The zero-order valence-corrected chi connectivity index (χ0v) is 13.3. The van der Waals surface area contributed by atoms with Gasteiger partial charge in [0.2, 0.25) is 5.91 Å². The van der Waals surface area contributed by atoms with Gasteiger partial charge in [-0.3, -0.25) is 4.79 Å². The lowest BCUT2D eigenvalue weighted by Gasteiger charge is -2.24. The van der Waals surface area contributed by atoms with Gasteiger partial charge in [-0.1, -0.05) is 18.6 Å². The fourth-order valence-corrected chi connectivity index (χ4v) is 3.60. The predicted octanol–water partition coefficient (Wildman–Crippen LogP) is 0.820. The van der Waals surface area contributed by atoms with Gasteiger partial charge in [0.25, 0.3) is 0 Å². The lowest BCUT2D eigenvalue weighted by molar-refractivity contribution is -0.118. The summed E-state index contributed by atoms with van der Waals surface area (Å²) in [5.74, 6) is -0.418. The van der Waals surface area contributed by atoms with Crippen LogP contribution in [0.4, 0.5) is 0 Å². The molecule has 3 rings (SSSR count). The van der Waals surface area contributed by atoms with Gasteiger partial charge in [0, 0.05) is 6.54 Å². The topological polar surface area (TPSA) is 92.8 Å². The molecule has 0 atom stereocenters. The summed E-state index contributed by atoms with van der Waals surface area (Å²) in [7, 11) is -3.73. The molecule has 2 aliphatic rings. The van der Waals surface area contributed by atoms with Crippen molar-refractivity contribution in [3.05, 3.63) is 35.4 Å². The molecule has 0 radical (unpaired) electrons. The molecule has 1 heterocycles. The number of ether oxygens (including phenoxy) is 1. The van der Waals surface area contributed by atoms with E-state index in [0.717, 1.165) is 17.1 Å². The maximum atomic E-state index is 11.9. The fraction of sp³-hybridized carbons (Fsp3) is 0.467. The summed E-state index contributed by atoms with van der Waals surface area (Å²) in [6, 6.07) is 6.54. The first-order valence-electron chi connectivity index (χ1n) is 7.51. The quantitative estimate of drug-likeness (QED) is 0.803. The molecule has 0 bridgehead atoms. The van der Waals surface area contributed by atoms with Crippen molar-refractivity contribution in [3.8, 4) is 0 Å². The van der Waals surface area contributed by atoms with Crippen LogP contribution in [0.3, 0.4) is 0 Å². The summed E-state index contributed by atoms with van der Waals surface area (Å²) < 4.78 is 31.5. The van der Waals surface area contributed by atoms with E-state index in [1.165, 1.54) is 6.42 Å². The Morgan fingerprint density at radius 2 is 1.96 bits per heavy atom. The Morgan fingerprint density at radius 3 is 2.48 bits per heavy atom.